The molecule has 0 fully saturated rings. The van der Waals surface area contributed by atoms with E-state index in [4.69, 9.17) is 0 Å². The molecule has 0 aromatic carbocycles. The van der Waals surface area contributed by atoms with E-state index in [-0.39, 0.29) is 5.34 Å². The van der Waals surface area contributed by atoms with E-state index >= 15 is 0 Å². The highest BCUT2D eigenvalue weighted by Crippen LogP contribution is 2.35. The van der Waals surface area contributed by atoms with Gasteiger partial charge in [-0.2, -0.15) is 8.78 Å². The van der Waals surface area contributed by atoms with Crippen molar-refractivity contribution in [3.8, 4) is 0 Å². The lowest BCUT2D eigenvalue weighted by Crippen LogP contribution is -2.34. The minimum absolute atomic E-state index is 0.0410. The van der Waals surface area contributed by atoms with Crippen LogP contribution >= 0.6 is 67.8 Å². The van der Waals surface area contributed by atoms with Crippen molar-refractivity contribution in [2.24, 2.45) is 0 Å². The van der Waals surface area contributed by atoms with Crippen LogP contribution < -0.4 is 10.6 Å². The van der Waals surface area contributed by atoms with E-state index in [1.807, 2.05) is 5.32 Å². The first-order chi connectivity index (χ1) is 6.96. The summed E-state index contributed by atoms with van der Waals surface area (Å²) < 4.78 is 23.1. The molecule has 0 aliphatic rings. The zero-order chi connectivity index (χ0) is 13.6. The predicted molar refractivity (Wildman–Crippen MR) is 83.5 cm³/mol. The van der Waals surface area contributed by atoms with Crippen molar-refractivity contribution in [2.75, 3.05) is 14.1 Å². The van der Waals surface area contributed by atoms with E-state index in [0.717, 1.165) is 0 Å². The quantitative estimate of drug-likeness (QED) is 0.393. The van der Waals surface area contributed by atoms with Crippen molar-refractivity contribution in [3.63, 3.8) is 0 Å². The number of alkyl halides is 5. The third-order valence-corrected chi connectivity index (χ3v) is 2.58. The van der Waals surface area contributed by atoms with E-state index in [2.05, 4.69) is 73.1 Å². The third kappa shape index (κ3) is 10.2. The van der Waals surface area contributed by atoms with Crippen LogP contribution in [0.25, 0.3) is 0 Å². The molecule has 0 spiro atoms. The first-order valence-electron chi connectivity index (χ1n) is 3.85. The lowest BCUT2D eigenvalue weighted by atomic mass is 10.4. The second kappa shape index (κ2) is 8.16. The van der Waals surface area contributed by atoms with E-state index in [1.165, 1.54) is 7.05 Å². The Labute approximate surface area is 133 Å². The summed E-state index contributed by atoms with van der Waals surface area (Å²) in [6.45, 7) is 0.547. The molecule has 4 nitrogen and oxygen atoms in total. The van der Waals surface area contributed by atoms with Gasteiger partial charge in [0.1, 0.15) is 0 Å². The molecule has 2 amide bonds. The van der Waals surface area contributed by atoms with E-state index in [0.29, 0.717) is 6.92 Å². The van der Waals surface area contributed by atoms with E-state index in [9.17, 15) is 18.4 Å². The molecule has 0 aliphatic carbocycles. The van der Waals surface area contributed by atoms with Crippen LogP contribution in [-0.4, -0.2) is 31.3 Å². The topological polar surface area (TPSA) is 58.2 Å². The van der Waals surface area contributed by atoms with Crippen molar-refractivity contribution >= 4 is 79.6 Å². The summed E-state index contributed by atoms with van der Waals surface area (Å²) in [5.41, 5.74) is 0. The average molecular weight is 574 g/mol. The molecule has 0 rings (SSSR count). The smallest absolute Gasteiger partial charge is 0.321 e. The molecule has 16 heavy (non-hydrogen) atoms. The van der Waals surface area contributed by atoms with Gasteiger partial charge in [0.2, 0.25) is -0.565 Å². The number of carbonyl (C=O) groups excluding carboxylic acids is 2. The van der Waals surface area contributed by atoms with Crippen LogP contribution in [0.2, 0.25) is 0 Å². The number of halogens is 5. The Kier molecular flexibility index (Phi) is 9.85. The zero-order valence-corrected chi connectivity index (χ0v) is 15.2. The Morgan fingerprint density at radius 1 is 1.00 bits per heavy atom. The number of hydrogen-bond donors (Lipinski definition) is 2. The Hall–Kier alpha value is 0.990. The van der Waals surface area contributed by atoms with Crippen molar-refractivity contribution in [3.05, 3.63) is 0 Å². The van der Waals surface area contributed by atoms with Gasteiger partial charge in [-0.15, -0.1) is 0 Å². The highest BCUT2D eigenvalue weighted by atomic mass is 127. The van der Waals surface area contributed by atoms with Crippen molar-refractivity contribution in [1.29, 1.82) is 0 Å². The minimum Gasteiger partial charge on any atom is -0.357 e. The Morgan fingerprint density at radius 3 is 1.31 bits per heavy atom. The normalized spacial score (nSPS) is 11.0. The Morgan fingerprint density at radius 2 is 1.31 bits per heavy atom. The molecular weight excluding hydrogens is 563 g/mol. The van der Waals surface area contributed by atoms with Gasteiger partial charge in [-0.3, -0.25) is 9.59 Å². The molecule has 2 N–H and O–H groups in total. The predicted octanol–water partition coefficient (Wildman–Crippen LogP) is 2.08. The second-order valence-electron chi connectivity index (χ2n) is 2.54. The summed E-state index contributed by atoms with van der Waals surface area (Å²) in [4.78, 5) is 20.7. The van der Waals surface area contributed by atoms with Crippen LogP contribution in [0.15, 0.2) is 0 Å². The number of rotatable bonds is 2. The molecule has 0 saturated heterocycles. The van der Waals surface area contributed by atoms with Crippen LogP contribution in [0.4, 0.5) is 8.78 Å². The monoisotopic (exact) mass is 574 g/mol. The summed E-state index contributed by atoms with van der Waals surface area (Å²) in [6, 6.07) is 0. The maximum Gasteiger partial charge on any atom is 0.321 e. The van der Waals surface area contributed by atoms with Crippen LogP contribution in [0, 0.1) is 0 Å². The SMILES string of the molecule is CNC(=O)C(C)(F)F.CNC(=O)C(I)(I)I. The first kappa shape index (κ1) is 19.3. The van der Waals surface area contributed by atoms with E-state index < -0.39 is 11.8 Å². The van der Waals surface area contributed by atoms with Gasteiger partial charge >= 0.3 is 5.92 Å². The standard InChI is InChI=1S/C4H7F2NO.C3H4I3NO/c1-4(5,6)3(8)7-2;1-7-2(8)3(4,5)6/h1-2H3,(H,7,8);1H3,(H,7,8). The molecule has 0 aromatic heterocycles. The molecular formula is C7H11F2I3N2O2. The zero-order valence-electron chi connectivity index (χ0n) is 8.71. The highest BCUT2D eigenvalue weighted by Gasteiger charge is 2.30. The van der Waals surface area contributed by atoms with Gasteiger partial charge in [0.25, 0.3) is 11.8 Å². The van der Waals surface area contributed by atoms with Crippen molar-refractivity contribution < 1.29 is 18.4 Å². The molecule has 0 unspecified atom stereocenters. The lowest BCUT2D eigenvalue weighted by Gasteiger charge is -2.08. The van der Waals surface area contributed by atoms with Gasteiger partial charge in [0.15, 0.2) is 0 Å². The molecule has 0 aliphatic heterocycles. The van der Waals surface area contributed by atoms with Gasteiger partial charge in [-0.1, -0.05) is 0 Å². The summed E-state index contributed by atoms with van der Waals surface area (Å²) >= 11 is 6.19. The second-order valence-corrected chi connectivity index (χ2v) is 13.6. The lowest BCUT2D eigenvalue weighted by molar-refractivity contribution is -0.142. The molecule has 0 aromatic rings. The van der Waals surface area contributed by atoms with E-state index in [1.54, 1.807) is 7.05 Å². The molecule has 0 bridgehead atoms. The molecule has 96 valence electrons. The summed E-state index contributed by atoms with van der Waals surface area (Å²) in [5, 5.41) is 4.36. The fraction of sp³-hybridized carbons (Fsp3) is 0.714. The third-order valence-electron chi connectivity index (χ3n) is 1.11. The summed E-state index contributed by atoms with van der Waals surface area (Å²) in [6.07, 6.45) is 0. The maximum absolute atomic E-state index is 11.7. The molecule has 0 radical (unpaired) electrons. The minimum atomic E-state index is -3.24. The van der Waals surface area contributed by atoms with Crippen LogP contribution in [0.3, 0.4) is 0 Å². The number of nitrogens with one attached hydrogen (secondary N) is 2. The van der Waals surface area contributed by atoms with Gasteiger partial charge in [0, 0.05) is 21.0 Å². The van der Waals surface area contributed by atoms with Crippen molar-refractivity contribution in [2.45, 2.75) is 12.3 Å². The average Bonchev–Trinajstić information content (AvgIpc) is 2.13. The van der Waals surface area contributed by atoms with Crippen molar-refractivity contribution in [1.82, 2.24) is 10.6 Å². The van der Waals surface area contributed by atoms with Gasteiger partial charge in [-0.25, -0.2) is 0 Å². The van der Waals surface area contributed by atoms with Crippen LogP contribution in [-0.2, 0) is 9.59 Å². The fourth-order valence-electron chi connectivity index (χ4n) is 0.361. The first-order valence-corrected chi connectivity index (χ1v) is 7.09. The molecule has 0 atom stereocenters. The summed E-state index contributed by atoms with van der Waals surface area (Å²) in [7, 11) is 2.80. The summed E-state index contributed by atoms with van der Waals surface area (Å²) in [5.74, 6) is -4.45. The Balaban J connectivity index is 0. The largest absolute Gasteiger partial charge is 0.357 e. The fourth-order valence-corrected chi connectivity index (χ4v) is 1.17. The van der Waals surface area contributed by atoms with Gasteiger partial charge < -0.3 is 10.6 Å². The van der Waals surface area contributed by atoms with Gasteiger partial charge in [0.05, 0.1) is 0 Å². The Bertz CT molecular complexity index is 225. The number of amides is 2. The number of hydrogen-bond acceptors (Lipinski definition) is 2. The number of carbonyl (C=O) groups is 2. The van der Waals surface area contributed by atoms with Crippen LogP contribution in [0.5, 0.6) is 0 Å². The van der Waals surface area contributed by atoms with Gasteiger partial charge in [-0.05, 0) is 67.8 Å². The molecule has 0 heterocycles. The molecule has 0 saturated carbocycles. The van der Waals surface area contributed by atoms with Crippen LogP contribution in [0.1, 0.15) is 6.92 Å². The maximum atomic E-state index is 11.7. The highest BCUT2D eigenvalue weighted by molar-refractivity contribution is 14.3. The molecule has 9 heteroatoms.